The van der Waals surface area contributed by atoms with Gasteiger partial charge in [0.15, 0.2) is 0 Å². The quantitative estimate of drug-likeness (QED) is 0.577. The van der Waals surface area contributed by atoms with Gasteiger partial charge in [-0.15, -0.1) is 0 Å². The fourth-order valence-electron chi connectivity index (χ4n) is 4.10. The molecule has 15 heavy (non-hydrogen) atoms. The zero-order valence-corrected chi connectivity index (χ0v) is 9.15. The molecule has 4 rings (SSSR count). The van der Waals surface area contributed by atoms with Crippen molar-refractivity contribution < 1.29 is 0 Å². The highest BCUT2D eigenvalue weighted by molar-refractivity contribution is 6.45. The van der Waals surface area contributed by atoms with E-state index in [9.17, 15) is 0 Å². The van der Waals surface area contributed by atoms with Crippen molar-refractivity contribution in [2.75, 3.05) is 0 Å². The van der Waals surface area contributed by atoms with Crippen LogP contribution in [0.4, 0.5) is 0 Å². The minimum absolute atomic E-state index is 0.572. The monoisotopic (exact) mass is 202 g/mol. The number of rotatable bonds is 0. The fraction of sp³-hybridized carbons (Fsp3) is 0.846. The van der Waals surface area contributed by atoms with Gasteiger partial charge in [-0.1, -0.05) is 6.42 Å². The number of nitrogens with zero attached hydrogens (tertiary/aromatic N) is 2. The molecule has 0 spiro atoms. The molecular weight excluding hydrogens is 184 g/mol. The lowest BCUT2D eigenvalue weighted by Crippen LogP contribution is -2.29. The molecule has 2 nitrogen and oxygen atoms in total. The van der Waals surface area contributed by atoms with E-state index in [0.29, 0.717) is 12.1 Å². The normalized spacial score (nSPS) is 46.9. The molecule has 0 aromatic heterocycles. The smallest absolute Gasteiger partial charge is 0.0727 e. The van der Waals surface area contributed by atoms with Crippen molar-refractivity contribution in [3.8, 4) is 0 Å². The Morgan fingerprint density at radius 3 is 2.60 bits per heavy atom. The highest BCUT2D eigenvalue weighted by Crippen LogP contribution is 2.44. The van der Waals surface area contributed by atoms with Crippen LogP contribution >= 0.6 is 0 Å². The summed E-state index contributed by atoms with van der Waals surface area (Å²) in [6, 6.07) is 1.14. The Hall–Kier alpha value is -0.660. The zero-order chi connectivity index (χ0) is 9.83. The predicted octanol–water partition coefficient (Wildman–Crippen LogP) is 2.62. The van der Waals surface area contributed by atoms with Crippen LogP contribution in [-0.2, 0) is 0 Å². The standard InChI is InChI=1S/C13H18N2/c1-3-8-7-12-13(9(8)4-1)15-11-6-2-5-10(11)14-12/h8-11H,1-7H2. The number of aliphatic imine (C=N–C) groups is 2. The first-order valence-corrected chi connectivity index (χ1v) is 6.56. The summed E-state index contributed by atoms with van der Waals surface area (Å²) in [6.45, 7) is 0. The molecule has 0 saturated heterocycles. The largest absolute Gasteiger partial charge is 0.282 e. The van der Waals surface area contributed by atoms with E-state index in [2.05, 4.69) is 0 Å². The van der Waals surface area contributed by atoms with Crippen LogP contribution in [0.15, 0.2) is 9.98 Å². The Morgan fingerprint density at radius 1 is 0.867 bits per heavy atom. The van der Waals surface area contributed by atoms with E-state index in [1.165, 1.54) is 56.4 Å². The maximum absolute atomic E-state index is 5.03. The van der Waals surface area contributed by atoms with Gasteiger partial charge in [-0.3, -0.25) is 9.98 Å². The second-order valence-corrected chi connectivity index (χ2v) is 5.66. The molecule has 4 aliphatic rings. The molecule has 3 fully saturated rings. The van der Waals surface area contributed by atoms with Crippen molar-refractivity contribution in [3.05, 3.63) is 0 Å². The molecule has 3 aliphatic carbocycles. The first kappa shape index (κ1) is 8.49. The molecule has 0 radical (unpaired) electrons. The van der Waals surface area contributed by atoms with Crippen LogP contribution in [0.2, 0.25) is 0 Å². The second-order valence-electron chi connectivity index (χ2n) is 5.66. The summed E-state index contributed by atoms with van der Waals surface area (Å²) in [7, 11) is 0. The van der Waals surface area contributed by atoms with E-state index in [-0.39, 0.29) is 0 Å². The van der Waals surface area contributed by atoms with Crippen LogP contribution in [-0.4, -0.2) is 23.5 Å². The van der Waals surface area contributed by atoms with Crippen LogP contribution in [0, 0.1) is 11.8 Å². The third kappa shape index (κ3) is 1.11. The summed E-state index contributed by atoms with van der Waals surface area (Å²) in [5.74, 6) is 1.73. The minimum Gasteiger partial charge on any atom is -0.282 e. The van der Waals surface area contributed by atoms with Crippen LogP contribution in [0.1, 0.15) is 44.9 Å². The zero-order valence-electron chi connectivity index (χ0n) is 9.15. The number of hydrogen-bond acceptors (Lipinski definition) is 2. The summed E-state index contributed by atoms with van der Waals surface area (Å²) in [4.78, 5) is 10.0. The first-order valence-electron chi connectivity index (χ1n) is 6.56. The lowest BCUT2D eigenvalue weighted by Gasteiger charge is -2.21. The fourth-order valence-corrected chi connectivity index (χ4v) is 4.10. The van der Waals surface area contributed by atoms with Gasteiger partial charge in [0.25, 0.3) is 0 Å². The summed E-state index contributed by atoms with van der Waals surface area (Å²) < 4.78 is 0. The van der Waals surface area contributed by atoms with Gasteiger partial charge in [0.1, 0.15) is 0 Å². The summed E-state index contributed by atoms with van der Waals surface area (Å²) >= 11 is 0. The van der Waals surface area contributed by atoms with E-state index in [1.54, 1.807) is 0 Å². The van der Waals surface area contributed by atoms with Gasteiger partial charge in [-0.05, 0) is 44.4 Å². The molecule has 1 aliphatic heterocycles. The average Bonchev–Trinajstić information content (AvgIpc) is 2.86. The summed E-state index contributed by atoms with van der Waals surface area (Å²) in [5.41, 5.74) is 2.86. The van der Waals surface area contributed by atoms with E-state index >= 15 is 0 Å². The van der Waals surface area contributed by atoms with E-state index in [1.807, 2.05) is 0 Å². The molecule has 80 valence electrons. The van der Waals surface area contributed by atoms with Crippen molar-refractivity contribution in [2.24, 2.45) is 21.8 Å². The lowest BCUT2D eigenvalue weighted by atomic mass is 9.99. The molecule has 3 saturated carbocycles. The van der Waals surface area contributed by atoms with E-state index in [4.69, 9.17) is 9.98 Å². The SMILES string of the molecule is C1CC2N=C3CC4CCCC4C3=NC2C1. The third-order valence-electron chi connectivity index (χ3n) is 4.83. The average molecular weight is 202 g/mol. The van der Waals surface area contributed by atoms with Crippen LogP contribution in [0.5, 0.6) is 0 Å². The van der Waals surface area contributed by atoms with Gasteiger partial charge < -0.3 is 0 Å². The van der Waals surface area contributed by atoms with E-state index < -0.39 is 0 Å². The predicted molar refractivity (Wildman–Crippen MR) is 61.7 cm³/mol. The van der Waals surface area contributed by atoms with Gasteiger partial charge in [-0.25, -0.2) is 0 Å². The Bertz CT molecular complexity index is 356. The van der Waals surface area contributed by atoms with Crippen molar-refractivity contribution in [3.63, 3.8) is 0 Å². The molecule has 4 unspecified atom stereocenters. The van der Waals surface area contributed by atoms with Crippen molar-refractivity contribution >= 4 is 11.4 Å². The number of fused-ring (bicyclic) bond motifs is 4. The molecule has 0 amide bonds. The molecule has 2 heteroatoms. The Kier molecular flexibility index (Phi) is 1.66. The summed E-state index contributed by atoms with van der Waals surface area (Å²) in [6.07, 6.45) is 9.43. The Balaban J connectivity index is 1.73. The Labute approximate surface area is 90.9 Å². The van der Waals surface area contributed by atoms with Crippen molar-refractivity contribution in [1.82, 2.24) is 0 Å². The van der Waals surface area contributed by atoms with E-state index in [0.717, 1.165) is 11.8 Å². The molecule has 0 bridgehead atoms. The first-order chi connectivity index (χ1) is 7.42. The van der Waals surface area contributed by atoms with Crippen molar-refractivity contribution in [1.29, 1.82) is 0 Å². The molecular formula is C13H18N2. The topological polar surface area (TPSA) is 24.7 Å². The van der Waals surface area contributed by atoms with Gasteiger partial charge >= 0.3 is 0 Å². The second kappa shape index (κ2) is 2.93. The number of hydrogen-bond donors (Lipinski definition) is 0. The molecule has 0 aromatic rings. The highest BCUT2D eigenvalue weighted by atomic mass is 15.0. The van der Waals surface area contributed by atoms with Crippen LogP contribution in [0.3, 0.4) is 0 Å². The van der Waals surface area contributed by atoms with Crippen LogP contribution in [0.25, 0.3) is 0 Å². The maximum Gasteiger partial charge on any atom is 0.0727 e. The molecule has 0 aromatic carbocycles. The molecule has 4 atom stereocenters. The minimum atomic E-state index is 0.572. The lowest BCUT2D eigenvalue weighted by molar-refractivity contribution is 0.525. The third-order valence-corrected chi connectivity index (χ3v) is 4.83. The van der Waals surface area contributed by atoms with Gasteiger partial charge in [0.2, 0.25) is 0 Å². The molecule has 0 N–H and O–H groups in total. The summed E-state index contributed by atoms with van der Waals surface area (Å²) in [5, 5.41) is 0. The Morgan fingerprint density at radius 2 is 1.67 bits per heavy atom. The highest BCUT2D eigenvalue weighted by Gasteiger charge is 2.44. The van der Waals surface area contributed by atoms with Gasteiger partial charge in [0.05, 0.1) is 23.5 Å². The molecule has 1 heterocycles. The van der Waals surface area contributed by atoms with Gasteiger partial charge in [0, 0.05) is 5.92 Å². The van der Waals surface area contributed by atoms with Crippen LogP contribution < -0.4 is 0 Å². The van der Waals surface area contributed by atoms with Crippen molar-refractivity contribution in [2.45, 2.75) is 57.0 Å². The van der Waals surface area contributed by atoms with Gasteiger partial charge in [-0.2, -0.15) is 0 Å². The maximum atomic E-state index is 5.03.